The first-order valence-electron chi connectivity index (χ1n) is 6.60. The first kappa shape index (κ1) is 13.2. The van der Waals surface area contributed by atoms with E-state index < -0.39 is 0 Å². The molecule has 0 aliphatic carbocycles. The van der Waals surface area contributed by atoms with Crippen molar-refractivity contribution in [3.63, 3.8) is 0 Å². The van der Waals surface area contributed by atoms with Crippen LogP contribution in [0.25, 0.3) is 0 Å². The topological polar surface area (TPSA) is 45.5 Å². The molecule has 1 aliphatic rings. The Morgan fingerprint density at radius 2 is 2.10 bits per heavy atom. The molecule has 0 saturated carbocycles. The normalized spacial score (nSPS) is 18.2. The predicted octanol–water partition coefficient (Wildman–Crippen LogP) is 4.41. The molecule has 1 aliphatic heterocycles. The van der Waals surface area contributed by atoms with Gasteiger partial charge in [0.25, 0.3) is 0 Å². The molecule has 2 heterocycles. The van der Waals surface area contributed by atoms with Gasteiger partial charge in [-0.1, -0.05) is 15.9 Å². The zero-order valence-corrected chi connectivity index (χ0v) is 12.5. The van der Waals surface area contributed by atoms with E-state index in [2.05, 4.69) is 21.2 Å². The molecule has 1 saturated heterocycles. The van der Waals surface area contributed by atoms with Gasteiger partial charge < -0.3 is 14.6 Å². The van der Waals surface area contributed by atoms with Gasteiger partial charge in [0.2, 0.25) is 0 Å². The number of furan rings is 1. The lowest BCUT2D eigenvalue weighted by Gasteiger charge is -2.23. The Morgan fingerprint density at radius 3 is 2.80 bits per heavy atom. The lowest BCUT2D eigenvalue weighted by Crippen LogP contribution is -2.34. The largest absolute Gasteiger partial charge is 0.467 e. The highest BCUT2D eigenvalue weighted by molar-refractivity contribution is 9.10. The fraction of sp³-hybridized carbons (Fsp3) is 0.267. The van der Waals surface area contributed by atoms with Gasteiger partial charge in [-0.15, -0.1) is 0 Å². The van der Waals surface area contributed by atoms with Crippen molar-refractivity contribution < 1.29 is 9.21 Å². The van der Waals surface area contributed by atoms with Gasteiger partial charge in [-0.25, -0.2) is 4.79 Å². The molecule has 1 aromatic carbocycles. The van der Waals surface area contributed by atoms with Crippen LogP contribution >= 0.6 is 15.9 Å². The number of amides is 2. The first-order chi connectivity index (χ1) is 9.74. The summed E-state index contributed by atoms with van der Waals surface area (Å²) in [7, 11) is 0. The van der Waals surface area contributed by atoms with Crippen molar-refractivity contribution in [1.29, 1.82) is 0 Å². The lowest BCUT2D eigenvalue weighted by atomic mass is 10.2. The van der Waals surface area contributed by atoms with Gasteiger partial charge in [0.15, 0.2) is 0 Å². The van der Waals surface area contributed by atoms with Crippen molar-refractivity contribution in [2.45, 2.75) is 18.9 Å². The van der Waals surface area contributed by atoms with Crippen molar-refractivity contribution in [2.75, 3.05) is 11.9 Å². The molecule has 0 unspecified atom stereocenters. The van der Waals surface area contributed by atoms with Crippen LogP contribution < -0.4 is 5.32 Å². The molecule has 0 radical (unpaired) electrons. The summed E-state index contributed by atoms with van der Waals surface area (Å²) in [5.41, 5.74) is 0.795. The molecular weight excluding hydrogens is 320 g/mol. The molecule has 4 nitrogen and oxygen atoms in total. The molecule has 1 aromatic heterocycles. The van der Waals surface area contributed by atoms with E-state index in [1.165, 1.54) is 0 Å². The van der Waals surface area contributed by atoms with E-state index in [-0.39, 0.29) is 12.1 Å². The van der Waals surface area contributed by atoms with Crippen molar-refractivity contribution in [2.24, 2.45) is 0 Å². The first-order valence-corrected chi connectivity index (χ1v) is 7.40. The molecule has 3 rings (SSSR count). The number of anilines is 1. The number of benzene rings is 1. The Bertz CT molecular complexity index is 580. The summed E-state index contributed by atoms with van der Waals surface area (Å²) >= 11 is 3.38. The van der Waals surface area contributed by atoms with E-state index in [0.29, 0.717) is 0 Å². The van der Waals surface area contributed by atoms with Crippen molar-refractivity contribution >= 4 is 27.6 Å². The Kier molecular flexibility index (Phi) is 3.78. The van der Waals surface area contributed by atoms with Crippen molar-refractivity contribution in [1.82, 2.24) is 4.90 Å². The van der Waals surface area contributed by atoms with Crippen LogP contribution in [0, 0.1) is 0 Å². The molecule has 1 N–H and O–H groups in total. The van der Waals surface area contributed by atoms with Crippen LogP contribution in [0.3, 0.4) is 0 Å². The molecule has 20 heavy (non-hydrogen) atoms. The van der Waals surface area contributed by atoms with E-state index in [0.717, 1.165) is 35.3 Å². The van der Waals surface area contributed by atoms with Gasteiger partial charge >= 0.3 is 6.03 Å². The summed E-state index contributed by atoms with van der Waals surface area (Å²) < 4.78 is 6.43. The average molecular weight is 335 g/mol. The number of urea groups is 1. The number of likely N-dealkylation sites (tertiary alicyclic amines) is 1. The molecule has 1 fully saturated rings. The van der Waals surface area contributed by atoms with Gasteiger partial charge in [0, 0.05) is 16.7 Å². The van der Waals surface area contributed by atoms with E-state index in [1.807, 2.05) is 41.3 Å². The number of carbonyl (C=O) groups excluding carboxylic acids is 1. The predicted molar refractivity (Wildman–Crippen MR) is 80.5 cm³/mol. The maximum Gasteiger partial charge on any atom is 0.322 e. The Labute approximate surface area is 125 Å². The second kappa shape index (κ2) is 5.71. The van der Waals surface area contributed by atoms with E-state index in [9.17, 15) is 4.79 Å². The molecule has 1 atom stereocenters. The van der Waals surface area contributed by atoms with E-state index in [1.54, 1.807) is 6.26 Å². The standard InChI is InChI=1S/C15H15BrN2O2/c16-11-5-7-12(8-6-11)17-15(19)18-9-1-3-13(18)14-4-2-10-20-14/h2,4-8,10,13H,1,3,9H2,(H,17,19)/t13-/m0/s1. The summed E-state index contributed by atoms with van der Waals surface area (Å²) in [5, 5.41) is 2.93. The maximum absolute atomic E-state index is 12.4. The maximum atomic E-state index is 12.4. The Hall–Kier alpha value is -1.75. The summed E-state index contributed by atoms with van der Waals surface area (Å²) in [5.74, 6) is 0.855. The number of nitrogens with zero attached hydrogens (tertiary/aromatic N) is 1. The number of nitrogens with one attached hydrogen (secondary N) is 1. The zero-order chi connectivity index (χ0) is 13.9. The number of carbonyl (C=O) groups is 1. The van der Waals surface area contributed by atoms with Crippen LogP contribution in [0.4, 0.5) is 10.5 Å². The highest BCUT2D eigenvalue weighted by atomic mass is 79.9. The molecule has 0 bridgehead atoms. The molecule has 2 amide bonds. The van der Waals surface area contributed by atoms with Gasteiger partial charge in [-0.2, -0.15) is 0 Å². The van der Waals surface area contributed by atoms with Crippen molar-refractivity contribution in [3.8, 4) is 0 Å². The van der Waals surface area contributed by atoms with Crippen LogP contribution in [0.2, 0.25) is 0 Å². The molecule has 104 valence electrons. The smallest absolute Gasteiger partial charge is 0.322 e. The third-order valence-corrected chi connectivity index (χ3v) is 4.01. The summed E-state index contributed by atoms with van der Waals surface area (Å²) in [6.45, 7) is 0.758. The molecule has 5 heteroatoms. The minimum absolute atomic E-state index is 0.0421. The fourth-order valence-electron chi connectivity index (χ4n) is 2.51. The highest BCUT2D eigenvalue weighted by Gasteiger charge is 2.31. The van der Waals surface area contributed by atoms with Gasteiger partial charge in [-0.05, 0) is 49.2 Å². The minimum atomic E-state index is -0.0776. The molecule has 2 aromatic rings. The fourth-order valence-corrected chi connectivity index (χ4v) is 2.78. The van der Waals surface area contributed by atoms with Crippen LogP contribution in [0.5, 0.6) is 0 Å². The van der Waals surface area contributed by atoms with E-state index in [4.69, 9.17) is 4.42 Å². The quantitative estimate of drug-likeness (QED) is 0.883. The summed E-state index contributed by atoms with van der Waals surface area (Å²) in [6, 6.07) is 11.3. The monoisotopic (exact) mass is 334 g/mol. The zero-order valence-electron chi connectivity index (χ0n) is 10.9. The highest BCUT2D eigenvalue weighted by Crippen LogP contribution is 2.32. The second-order valence-electron chi connectivity index (χ2n) is 4.80. The second-order valence-corrected chi connectivity index (χ2v) is 5.72. The number of hydrogen-bond acceptors (Lipinski definition) is 2. The van der Waals surface area contributed by atoms with Crippen LogP contribution in [0.15, 0.2) is 51.6 Å². The van der Waals surface area contributed by atoms with Crippen LogP contribution in [0.1, 0.15) is 24.6 Å². The minimum Gasteiger partial charge on any atom is -0.467 e. The Balaban J connectivity index is 1.71. The van der Waals surface area contributed by atoms with Crippen LogP contribution in [-0.4, -0.2) is 17.5 Å². The van der Waals surface area contributed by atoms with Crippen LogP contribution in [-0.2, 0) is 0 Å². The van der Waals surface area contributed by atoms with Crippen molar-refractivity contribution in [3.05, 3.63) is 52.9 Å². The number of hydrogen-bond donors (Lipinski definition) is 1. The molecular formula is C15H15BrN2O2. The van der Waals surface area contributed by atoms with Gasteiger partial charge in [-0.3, -0.25) is 0 Å². The average Bonchev–Trinajstić information content (AvgIpc) is 3.11. The van der Waals surface area contributed by atoms with Gasteiger partial charge in [0.05, 0.1) is 12.3 Å². The summed E-state index contributed by atoms with van der Waals surface area (Å²) in [4.78, 5) is 14.2. The molecule has 0 spiro atoms. The van der Waals surface area contributed by atoms with Gasteiger partial charge in [0.1, 0.15) is 5.76 Å². The third-order valence-electron chi connectivity index (χ3n) is 3.48. The lowest BCUT2D eigenvalue weighted by molar-refractivity contribution is 0.200. The summed E-state index contributed by atoms with van der Waals surface area (Å²) in [6.07, 6.45) is 3.60. The Morgan fingerprint density at radius 1 is 1.30 bits per heavy atom. The third kappa shape index (κ3) is 2.72. The van der Waals surface area contributed by atoms with E-state index >= 15 is 0 Å². The SMILES string of the molecule is O=C(Nc1ccc(Br)cc1)N1CCC[C@H]1c1ccco1. The number of rotatable bonds is 2. The number of halogens is 1.